The molecule has 174 valence electrons. The predicted octanol–water partition coefficient (Wildman–Crippen LogP) is 2.00. The van der Waals surface area contributed by atoms with Crippen LogP contribution in [0.3, 0.4) is 0 Å². The van der Waals surface area contributed by atoms with Crippen molar-refractivity contribution in [2.45, 2.75) is 42.9 Å². The van der Waals surface area contributed by atoms with E-state index in [-0.39, 0.29) is 30.3 Å². The van der Waals surface area contributed by atoms with E-state index in [1.54, 1.807) is 11.8 Å². The first kappa shape index (κ1) is 22.2. The molecule has 5 rings (SSSR count). The number of benzene rings is 1. The van der Waals surface area contributed by atoms with Gasteiger partial charge in [0.15, 0.2) is 0 Å². The Balaban J connectivity index is 1.66. The molecule has 0 radical (unpaired) electrons. The van der Waals surface area contributed by atoms with E-state index >= 15 is 0 Å². The minimum absolute atomic E-state index is 0.189. The molecule has 0 aromatic heterocycles. The number of rotatable bonds is 3. The maximum absolute atomic E-state index is 14.2. The number of anilines is 1. The quantitative estimate of drug-likeness (QED) is 0.539. The topological polar surface area (TPSA) is 87.2 Å². The number of esters is 1. The third-order valence-electron chi connectivity index (χ3n) is 7.25. The van der Waals surface area contributed by atoms with Gasteiger partial charge in [0.1, 0.15) is 12.6 Å². The first-order valence-corrected chi connectivity index (χ1v) is 12.2. The van der Waals surface area contributed by atoms with Gasteiger partial charge in [-0.1, -0.05) is 36.4 Å². The summed E-state index contributed by atoms with van der Waals surface area (Å²) < 4.78 is 4.47. The standard InChI is InChI=1S/C25H28N2O5S/c1-14-7-8-15(2)17(12-14)26-10-5-9-25-20(19-18(33-25)6-4-11-32-24(19)31)22(29)27(16(3)13-28)21(25)23(26)30/h4-9,12,16,18-21,28H,10-11,13H2,1-3H3/t16-,18-,19+,20+,21?,25+/m1/s1. The van der Waals surface area contributed by atoms with Crippen LogP contribution in [-0.2, 0) is 19.1 Å². The Hall–Kier alpha value is -2.58. The summed E-state index contributed by atoms with van der Waals surface area (Å²) in [5, 5.41) is 9.72. The number of likely N-dealkylation sites (tertiary alicyclic amines) is 1. The number of cyclic esters (lactones) is 1. The second kappa shape index (κ2) is 8.02. The minimum atomic E-state index is -0.903. The average Bonchev–Trinajstić information content (AvgIpc) is 3.10. The number of fused-ring (bicyclic) bond motifs is 2. The van der Waals surface area contributed by atoms with Crippen molar-refractivity contribution < 1.29 is 24.2 Å². The van der Waals surface area contributed by atoms with Crippen molar-refractivity contribution in [3.05, 3.63) is 53.6 Å². The average molecular weight is 469 g/mol. The molecule has 8 heteroatoms. The third-order valence-corrected chi connectivity index (χ3v) is 8.99. The highest BCUT2D eigenvalue weighted by Crippen LogP contribution is 2.61. The van der Waals surface area contributed by atoms with Gasteiger partial charge in [-0.05, 0) is 38.0 Å². The van der Waals surface area contributed by atoms with Crippen LogP contribution in [0.15, 0.2) is 42.5 Å². The van der Waals surface area contributed by atoms with Crippen LogP contribution in [0.25, 0.3) is 0 Å². The van der Waals surface area contributed by atoms with Crippen LogP contribution in [0.5, 0.6) is 0 Å². The van der Waals surface area contributed by atoms with Gasteiger partial charge < -0.3 is 19.6 Å². The largest absolute Gasteiger partial charge is 0.461 e. The van der Waals surface area contributed by atoms with Crippen molar-refractivity contribution in [2.75, 3.05) is 24.7 Å². The third kappa shape index (κ3) is 3.18. The molecule has 4 aliphatic heterocycles. The number of aryl methyl sites for hydroxylation is 2. The van der Waals surface area contributed by atoms with Gasteiger partial charge >= 0.3 is 5.97 Å². The molecule has 0 saturated carbocycles. The first-order valence-electron chi connectivity index (χ1n) is 11.3. The van der Waals surface area contributed by atoms with Crippen molar-refractivity contribution in [3.8, 4) is 0 Å². The number of aliphatic hydroxyl groups is 1. The lowest BCUT2D eigenvalue weighted by Crippen LogP contribution is -2.56. The van der Waals surface area contributed by atoms with Crippen LogP contribution in [-0.4, -0.2) is 69.6 Å². The summed E-state index contributed by atoms with van der Waals surface area (Å²) in [6.07, 6.45) is 7.66. The molecule has 1 aromatic carbocycles. The molecule has 4 aliphatic rings. The number of carbonyl (C=O) groups excluding carboxylic acids is 3. The van der Waals surface area contributed by atoms with Crippen LogP contribution < -0.4 is 4.90 Å². The number of hydrogen-bond donors (Lipinski definition) is 1. The molecule has 6 atom stereocenters. The SMILES string of the molecule is Cc1ccc(C)c(N2CC=C[C@]34S[C@@H]5C=CCOC(=O)[C@@H]5[C@H]3C(=O)N([C@H](C)CO)C4C2=O)c1. The van der Waals surface area contributed by atoms with Gasteiger partial charge in [-0.3, -0.25) is 14.4 Å². The zero-order valence-corrected chi connectivity index (χ0v) is 19.7. The summed E-state index contributed by atoms with van der Waals surface area (Å²) in [4.78, 5) is 44.2. The predicted molar refractivity (Wildman–Crippen MR) is 126 cm³/mol. The lowest BCUT2D eigenvalue weighted by atomic mass is 9.78. The van der Waals surface area contributed by atoms with Gasteiger partial charge in [0.2, 0.25) is 5.91 Å². The molecule has 2 fully saturated rings. The van der Waals surface area contributed by atoms with Gasteiger partial charge in [0, 0.05) is 17.5 Å². The monoisotopic (exact) mass is 468 g/mol. The highest BCUT2D eigenvalue weighted by Gasteiger charge is 2.71. The van der Waals surface area contributed by atoms with E-state index in [1.165, 1.54) is 16.7 Å². The molecule has 0 aliphatic carbocycles. The Bertz CT molecular complexity index is 1080. The second-order valence-corrected chi connectivity index (χ2v) is 10.8. The molecule has 1 aromatic rings. The first-order chi connectivity index (χ1) is 15.8. The Morgan fingerprint density at radius 3 is 2.76 bits per heavy atom. The van der Waals surface area contributed by atoms with Gasteiger partial charge in [0.25, 0.3) is 5.91 Å². The molecule has 7 nitrogen and oxygen atoms in total. The van der Waals surface area contributed by atoms with Gasteiger partial charge in [-0.25, -0.2) is 0 Å². The molecular formula is C25H28N2O5S. The maximum Gasteiger partial charge on any atom is 0.311 e. The second-order valence-electron chi connectivity index (χ2n) is 9.32. The number of thioether (sulfide) groups is 1. The summed E-state index contributed by atoms with van der Waals surface area (Å²) >= 11 is 1.50. The van der Waals surface area contributed by atoms with Gasteiger partial charge in [0.05, 0.1) is 29.2 Å². The van der Waals surface area contributed by atoms with E-state index in [9.17, 15) is 19.5 Å². The zero-order valence-electron chi connectivity index (χ0n) is 18.9. The summed E-state index contributed by atoms with van der Waals surface area (Å²) in [5.74, 6) is -2.24. The number of ether oxygens (including phenoxy) is 1. The number of aliphatic hydroxyl groups excluding tert-OH is 1. The molecule has 2 amide bonds. The highest BCUT2D eigenvalue weighted by molar-refractivity contribution is 8.02. The Morgan fingerprint density at radius 2 is 2.00 bits per heavy atom. The van der Waals surface area contributed by atoms with Crippen LogP contribution in [0.1, 0.15) is 18.1 Å². The van der Waals surface area contributed by atoms with Crippen molar-refractivity contribution in [1.29, 1.82) is 0 Å². The number of nitrogens with zero attached hydrogens (tertiary/aromatic N) is 2. The lowest BCUT2D eigenvalue weighted by Gasteiger charge is -2.37. The van der Waals surface area contributed by atoms with E-state index in [1.807, 2.05) is 56.4 Å². The molecule has 33 heavy (non-hydrogen) atoms. The van der Waals surface area contributed by atoms with E-state index in [2.05, 4.69) is 0 Å². The van der Waals surface area contributed by atoms with Crippen molar-refractivity contribution in [2.24, 2.45) is 11.8 Å². The number of amides is 2. The smallest absolute Gasteiger partial charge is 0.311 e. The number of hydrogen-bond acceptors (Lipinski definition) is 6. The fraction of sp³-hybridized carbons (Fsp3) is 0.480. The summed E-state index contributed by atoms with van der Waals surface area (Å²) in [6, 6.07) is 4.60. The van der Waals surface area contributed by atoms with Crippen LogP contribution in [0, 0.1) is 25.7 Å². The van der Waals surface area contributed by atoms with E-state index < -0.39 is 34.6 Å². The van der Waals surface area contributed by atoms with Gasteiger partial charge in [-0.15, -0.1) is 11.8 Å². The molecule has 2 saturated heterocycles. The molecule has 4 heterocycles. The summed E-state index contributed by atoms with van der Waals surface area (Å²) in [7, 11) is 0. The Morgan fingerprint density at radius 1 is 1.21 bits per heavy atom. The molecule has 0 bridgehead atoms. The lowest BCUT2D eigenvalue weighted by molar-refractivity contribution is -0.152. The Kier molecular flexibility index (Phi) is 5.40. The van der Waals surface area contributed by atoms with E-state index in [0.717, 1.165) is 16.8 Å². The Labute approximate surface area is 197 Å². The fourth-order valence-electron chi connectivity index (χ4n) is 5.70. The highest BCUT2D eigenvalue weighted by atomic mass is 32.2. The zero-order chi connectivity index (χ0) is 23.5. The van der Waals surface area contributed by atoms with E-state index in [4.69, 9.17) is 4.74 Å². The maximum atomic E-state index is 14.2. The molecule has 1 spiro atoms. The molecule has 1 N–H and O–H groups in total. The van der Waals surface area contributed by atoms with Crippen LogP contribution in [0.2, 0.25) is 0 Å². The molecular weight excluding hydrogens is 440 g/mol. The normalized spacial score (nSPS) is 33.9. The molecule has 1 unspecified atom stereocenters. The van der Waals surface area contributed by atoms with Crippen molar-refractivity contribution in [1.82, 2.24) is 4.90 Å². The fourth-order valence-corrected chi connectivity index (χ4v) is 7.69. The van der Waals surface area contributed by atoms with Crippen molar-refractivity contribution in [3.63, 3.8) is 0 Å². The summed E-state index contributed by atoms with van der Waals surface area (Å²) in [5.41, 5.74) is 2.82. The van der Waals surface area contributed by atoms with Crippen molar-refractivity contribution >= 4 is 35.2 Å². The minimum Gasteiger partial charge on any atom is -0.461 e. The van der Waals surface area contributed by atoms with Crippen LogP contribution >= 0.6 is 11.8 Å². The number of carbonyl (C=O) groups is 3. The summed E-state index contributed by atoms with van der Waals surface area (Å²) in [6.45, 7) is 5.98. The van der Waals surface area contributed by atoms with Gasteiger partial charge in [-0.2, -0.15) is 0 Å². The van der Waals surface area contributed by atoms with Crippen LogP contribution in [0.4, 0.5) is 5.69 Å². The van der Waals surface area contributed by atoms with E-state index in [0.29, 0.717) is 6.54 Å².